The highest BCUT2D eigenvalue weighted by Crippen LogP contribution is 2.31. The standard InChI is InChI=1S/C33H34F3NO3.ClH/c34-33(35,36)29-8-3-5-24(20-29)22-38-17-4-18-39-30-13-11-27(12-14-30)31-15-16-37-21-32(31)40-23-25-9-10-26-6-1-2-7-28(26)19-25;/h1-3,5-14,19-20,31-32,37H,4,15-18,21-23H2;1H. The lowest BCUT2D eigenvalue weighted by molar-refractivity contribution is -0.137. The van der Waals surface area contributed by atoms with Gasteiger partial charge in [-0.3, -0.25) is 0 Å². The molecule has 1 saturated heterocycles. The fourth-order valence-electron chi connectivity index (χ4n) is 5.11. The summed E-state index contributed by atoms with van der Waals surface area (Å²) in [4.78, 5) is 0. The lowest BCUT2D eigenvalue weighted by atomic mass is 9.87. The highest BCUT2D eigenvalue weighted by atomic mass is 35.5. The zero-order valence-electron chi connectivity index (χ0n) is 22.7. The van der Waals surface area contributed by atoms with Gasteiger partial charge in [0.05, 0.1) is 38.1 Å². The monoisotopic (exact) mass is 585 g/mol. The third-order valence-corrected chi connectivity index (χ3v) is 7.24. The summed E-state index contributed by atoms with van der Waals surface area (Å²) >= 11 is 0. The number of piperidine rings is 1. The van der Waals surface area contributed by atoms with E-state index < -0.39 is 11.7 Å². The van der Waals surface area contributed by atoms with E-state index in [9.17, 15) is 13.2 Å². The van der Waals surface area contributed by atoms with E-state index in [0.717, 1.165) is 37.4 Å². The fourth-order valence-corrected chi connectivity index (χ4v) is 5.11. The van der Waals surface area contributed by atoms with Gasteiger partial charge in [-0.05, 0) is 70.8 Å². The molecule has 1 aliphatic rings. The lowest BCUT2D eigenvalue weighted by Gasteiger charge is -2.32. The van der Waals surface area contributed by atoms with Crippen molar-refractivity contribution in [1.82, 2.24) is 5.32 Å². The molecule has 1 fully saturated rings. The predicted octanol–water partition coefficient (Wildman–Crippen LogP) is 7.93. The van der Waals surface area contributed by atoms with E-state index in [-0.39, 0.29) is 25.1 Å². The minimum Gasteiger partial charge on any atom is -0.494 e. The molecule has 1 aliphatic heterocycles. The van der Waals surface area contributed by atoms with Crippen molar-refractivity contribution in [1.29, 1.82) is 0 Å². The van der Waals surface area contributed by atoms with E-state index in [1.165, 1.54) is 28.0 Å². The van der Waals surface area contributed by atoms with Crippen molar-refractivity contribution >= 4 is 23.2 Å². The summed E-state index contributed by atoms with van der Waals surface area (Å²) in [7, 11) is 0. The second kappa shape index (κ2) is 14.7. The maximum Gasteiger partial charge on any atom is 0.416 e. The van der Waals surface area contributed by atoms with E-state index in [2.05, 4.69) is 59.9 Å². The van der Waals surface area contributed by atoms with E-state index in [1.807, 2.05) is 12.1 Å². The van der Waals surface area contributed by atoms with Crippen LogP contribution in [0.5, 0.6) is 5.75 Å². The van der Waals surface area contributed by atoms with Gasteiger partial charge in [-0.15, -0.1) is 12.4 Å². The van der Waals surface area contributed by atoms with Gasteiger partial charge >= 0.3 is 6.18 Å². The Balaban J connectivity index is 0.00000387. The Labute approximate surface area is 245 Å². The molecule has 218 valence electrons. The average molecular weight is 586 g/mol. The number of fused-ring (bicyclic) bond motifs is 1. The molecule has 4 aromatic rings. The Kier molecular flexibility index (Phi) is 11.1. The quantitative estimate of drug-likeness (QED) is 0.181. The maximum atomic E-state index is 12.8. The summed E-state index contributed by atoms with van der Waals surface area (Å²) in [5.74, 6) is 1.09. The molecule has 1 heterocycles. The summed E-state index contributed by atoms with van der Waals surface area (Å²) in [6, 6.07) is 28.2. The highest BCUT2D eigenvalue weighted by molar-refractivity contribution is 5.85. The number of nitrogens with one attached hydrogen (secondary N) is 1. The van der Waals surface area contributed by atoms with Crippen LogP contribution in [0.25, 0.3) is 10.8 Å². The van der Waals surface area contributed by atoms with Crippen LogP contribution in [-0.4, -0.2) is 32.4 Å². The second-order valence-corrected chi connectivity index (χ2v) is 10.2. The fraction of sp³-hybridized carbons (Fsp3) is 0.333. The molecule has 1 N–H and O–H groups in total. The molecule has 4 nitrogen and oxygen atoms in total. The Morgan fingerprint density at radius 2 is 1.56 bits per heavy atom. The van der Waals surface area contributed by atoms with Gasteiger partial charge in [0.25, 0.3) is 0 Å². The molecule has 41 heavy (non-hydrogen) atoms. The van der Waals surface area contributed by atoms with Crippen LogP contribution >= 0.6 is 12.4 Å². The molecule has 0 aliphatic carbocycles. The topological polar surface area (TPSA) is 39.7 Å². The molecular formula is C33H35ClF3NO3. The van der Waals surface area contributed by atoms with Crippen molar-refractivity contribution in [3.63, 3.8) is 0 Å². The predicted molar refractivity (Wildman–Crippen MR) is 158 cm³/mol. The molecule has 0 aromatic heterocycles. The zero-order valence-corrected chi connectivity index (χ0v) is 23.6. The SMILES string of the molecule is Cl.FC(F)(F)c1cccc(COCCCOc2ccc(C3CCNCC3OCc3ccc4ccccc4c3)cc2)c1. The molecule has 0 spiro atoms. The van der Waals surface area contributed by atoms with Crippen LogP contribution in [0.1, 0.15) is 41.0 Å². The molecule has 0 radical (unpaired) electrons. The Hall–Kier alpha value is -3.10. The number of alkyl halides is 3. The maximum absolute atomic E-state index is 12.8. The molecular weight excluding hydrogens is 551 g/mol. The van der Waals surface area contributed by atoms with Gasteiger partial charge in [-0.1, -0.05) is 60.7 Å². The minimum absolute atomic E-state index is 0. The van der Waals surface area contributed by atoms with Gasteiger partial charge in [0.2, 0.25) is 0 Å². The first-order valence-corrected chi connectivity index (χ1v) is 13.7. The van der Waals surface area contributed by atoms with Crippen LogP contribution in [0.2, 0.25) is 0 Å². The number of benzene rings is 4. The number of hydrogen-bond acceptors (Lipinski definition) is 4. The second-order valence-electron chi connectivity index (χ2n) is 10.2. The van der Waals surface area contributed by atoms with Crippen LogP contribution in [0.15, 0.2) is 91.0 Å². The normalized spacial score (nSPS) is 17.2. The largest absolute Gasteiger partial charge is 0.494 e. The van der Waals surface area contributed by atoms with Crippen molar-refractivity contribution in [2.45, 2.75) is 44.3 Å². The third kappa shape index (κ3) is 8.69. The zero-order chi connectivity index (χ0) is 27.8. The lowest BCUT2D eigenvalue weighted by Crippen LogP contribution is -2.40. The summed E-state index contributed by atoms with van der Waals surface area (Å²) in [6.07, 6.45) is -2.62. The van der Waals surface area contributed by atoms with Crippen LogP contribution in [0.3, 0.4) is 0 Å². The molecule has 0 saturated carbocycles. The molecule has 4 aromatic carbocycles. The summed E-state index contributed by atoms with van der Waals surface area (Å²) in [6.45, 7) is 3.35. The van der Waals surface area contributed by atoms with Gasteiger partial charge in [0.15, 0.2) is 0 Å². The van der Waals surface area contributed by atoms with Gasteiger partial charge in [-0.2, -0.15) is 13.2 Å². The van der Waals surface area contributed by atoms with E-state index in [0.29, 0.717) is 37.7 Å². The van der Waals surface area contributed by atoms with E-state index in [1.54, 1.807) is 6.07 Å². The van der Waals surface area contributed by atoms with Gasteiger partial charge in [0, 0.05) is 18.9 Å². The van der Waals surface area contributed by atoms with Crippen molar-refractivity contribution in [2.24, 2.45) is 0 Å². The van der Waals surface area contributed by atoms with E-state index in [4.69, 9.17) is 14.2 Å². The summed E-state index contributed by atoms with van der Waals surface area (Å²) in [5, 5.41) is 5.92. The van der Waals surface area contributed by atoms with Gasteiger partial charge in [0.1, 0.15) is 5.75 Å². The van der Waals surface area contributed by atoms with Crippen LogP contribution < -0.4 is 10.1 Å². The number of ether oxygens (including phenoxy) is 3. The van der Waals surface area contributed by atoms with Crippen molar-refractivity contribution in [2.75, 3.05) is 26.3 Å². The minimum atomic E-state index is -4.35. The first-order chi connectivity index (χ1) is 19.5. The first-order valence-electron chi connectivity index (χ1n) is 13.7. The Morgan fingerprint density at radius 3 is 2.37 bits per heavy atom. The highest BCUT2D eigenvalue weighted by Gasteiger charge is 2.30. The van der Waals surface area contributed by atoms with Gasteiger partial charge < -0.3 is 19.5 Å². The Morgan fingerprint density at radius 1 is 0.780 bits per heavy atom. The molecule has 0 bridgehead atoms. The van der Waals surface area contributed by atoms with Crippen LogP contribution in [0, 0.1) is 0 Å². The smallest absolute Gasteiger partial charge is 0.416 e. The van der Waals surface area contributed by atoms with Crippen LogP contribution in [0.4, 0.5) is 13.2 Å². The summed E-state index contributed by atoms with van der Waals surface area (Å²) in [5.41, 5.74) is 2.25. The molecule has 8 heteroatoms. The van der Waals surface area contributed by atoms with Crippen LogP contribution in [-0.2, 0) is 28.9 Å². The third-order valence-electron chi connectivity index (χ3n) is 7.24. The van der Waals surface area contributed by atoms with Crippen molar-refractivity contribution < 1.29 is 27.4 Å². The first kappa shape index (κ1) is 30.8. The molecule has 2 atom stereocenters. The Bertz CT molecular complexity index is 1380. The summed E-state index contributed by atoms with van der Waals surface area (Å²) < 4.78 is 56.3. The van der Waals surface area contributed by atoms with Crippen molar-refractivity contribution in [3.8, 4) is 5.75 Å². The number of rotatable bonds is 11. The van der Waals surface area contributed by atoms with Gasteiger partial charge in [-0.25, -0.2) is 0 Å². The number of hydrogen-bond donors (Lipinski definition) is 1. The number of halogens is 4. The molecule has 5 rings (SSSR count). The average Bonchev–Trinajstić information content (AvgIpc) is 2.98. The van der Waals surface area contributed by atoms with Crippen molar-refractivity contribution in [3.05, 3.63) is 113 Å². The molecule has 2 unspecified atom stereocenters. The van der Waals surface area contributed by atoms with E-state index >= 15 is 0 Å². The molecule has 0 amide bonds.